The van der Waals surface area contributed by atoms with Crippen molar-refractivity contribution in [2.24, 2.45) is 0 Å². The number of H-pyrrole nitrogens is 1. The quantitative estimate of drug-likeness (QED) is 0.353. The molecule has 1 aliphatic rings. The van der Waals surface area contributed by atoms with Gasteiger partial charge in [-0.3, -0.25) is 9.89 Å². The second-order valence-electron chi connectivity index (χ2n) is 8.21. The number of ether oxygens (including phenoxy) is 2. The molecule has 1 aromatic heterocycles. The molecule has 4 aromatic rings. The molecule has 0 spiro atoms. The summed E-state index contributed by atoms with van der Waals surface area (Å²) in [5.41, 5.74) is 3.85. The first-order valence-electron chi connectivity index (χ1n) is 11.2. The van der Waals surface area contributed by atoms with Crippen molar-refractivity contribution < 1.29 is 19.4 Å². The Bertz CT molecular complexity index is 1380. The maximum absolute atomic E-state index is 13.6. The summed E-state index contributed by atoms with van der Waals surface area (Å²) >= 11 is 6.23. The zero-order chi connectivity index (χ0) is 24.5. The second-order valence-corrected chi connectivity index (χ2v) is 8.65. The van der Waals surface area contributed by atoms with Crippen LogP contribution in [0.4, 0.5) is 0 Å². The van der Waals surface area contributed by atoms with Crippen LogP contribution in [0.15, 0.2) is 66.7 Å². The number of fused-ring (bicyclic) bond motifs is 1. The van der Waals surface area contributed by atoms with Gasteiger partial charge in [0.05, 0.1) is 19.8 Å². The van der Waals surface area contributed by atoms with Crippen LogP contribution in [0.3, 0.4) is 0 Å². The molecule has 35 heavy (non-hydrogen) atoms. The minimum Gasteiger partial charge on any atom is -0.507 e. The molecule has 8 heteroatoms. The molecule has 0 fully saturated rings. The first-order valence-corrected chi connectivity index (χ1v) is 11.6. The third kappa shape index (κ3) is 4.19. The molecule has 2 N–H and O–H groups in total. The van der Waals surface area contributed by atoms with E-state index >= 15 is 0 Å². The van der Waals surface area contributed by atoms with Crippen LogP contribution >= 0.6 is 11.6 Å². The number of methoxy groups -OCH3 is 1. The van der Waals surface area contributed by atoms with Crippen molar-refractivity contribution in [1.82, 2.24) is 15.1 Å². The zero-order valence-corrected chi connectivity index (χ0v) is 20.0. The van der Waals surface area contributed by atoms with Gasteiger partial charge in [0.25, 0.3) is 5.91 Å². The summed E-state index contributed by atoms with van der Waals surface area (Å²) < 4.78 is 11.0. The van der Waals surface area contributed by atoms with Gasteiger partial charge in [0.2, 0.25) is 0 Å². The minimum absolute atomic E-state index is 0.0339. The molecule has 3 aromatic carbocycles. The van der Waals surface area contributed by atoms with E-state index in [2.05, 4.69) is 10.2 Å². The molecule has 0 radical (unpaired) electrons. The SMILES string of the molecule is CCOc1cccc(C2c3c(-c4cc(Cl)ccc4O)n[nH]c3C(=O)N2Cc2ccc(OC)cc2)c1. The average Bonchev–Trinajstić information content (AvgIpc) is 3.40. The van der Waals surface area contributed by atoms with Crippen LogP contribution in [-0.2, 0) is 6.54 Å². The van der Waals surface area contributed by atoms with Gasteiger partial charge in [0.1, 0.15) is 28.6 Å². The smallest absolute Gasteiger partial charge is 0.273 e. The first kappa shape index (κ1) is 22.8. The number of aromatic nitrogens is 2. The van der Waals surface area contributed by atoms with Crippen molar-refractivity contribution in [3.05, 3.63) is 94.1 Å². The normalized spacial score (nSPS) is 14.8. The number of hydrogen-bond acceptors (Lipinski definition) is 5. The molecule has 5 rings (SSSR count). The fourth-order valence-corrected chi connectivity index (χ4v) is 4.65. The molecule has 178 valence electrons. The summed E-state index contributed by atoms with van der Waals surface area (Å²) in [5, 5.41) is 18.4. The van der Waals surface area contributed by atoms with E-state index in [4.69, 9.17) is 21.1 Å². The van der Waals surface area contributed by atoms with E-state index in [0.29, 0.717) is 46.4 Å². The highest BCUT2D eigenvalue weighted by Crippen LogP contribution is 2.46. The second kappa shape index (κ2) is 9.35. The fourth-order valence-electron chi connectivity index (χ4n) is 4.48. The number of carbonyl (C=O) groups excluding carboxylic acids is 1. The summed E-state index contributed by atoms with van der Waals surface area (Å²) in [6, 6.07) is 19.6. The number of phenols is 1. The standard InChI is InChI=1S/C27H24ClN3O4/c1-3-35-20-6-4-5-17(13-20)26-23-24(21-14-18(28)9-12-22(21)32)29-30-25(23)27(33)31(26)15-16-7-10-19(34-2)11-8-16/h4-14,26,32H,3,15H2,1-2H3,(H,29,30). The number of carbonyl (C=O) groups is 1. The first-order chi connectivity index (χ1) is 17.0. The van der Waals surface area contributed by atoms with Gasteiger partial charge in [-0.05, 0) is 60.5 Å². The van der Waals surface area contributed by atoms with E-state index in [1.165, 1.54) is 6.07 Å². The molecular weight excluding hydrogens is 466 g/mol. The van der Waals surface area contributed by atoms with Gasteiger partial charge in [-0.1, -0.05) is 35.9 Å². The molecule has 1 aliphatic heterocycles. The zero-order valence-electron chi connectivity index (χ0n) is 19.3. The van der Waals surface area contributed by atoms with Crippen LogP contribution in [0.5, 0.6) is 17.2 Å². The van der Waals surface area contributed by atoms with Gasteiger partial charge in [-0.2, -0.15) is 5.10 Å². The largest absolute Gasteiger partial charge is 0.507 e. The van der Waals surface area contributed by atoms with Gasteiger partial charge >= 0.3 is 0 Å². The third-order valence-corrected chi connectivity index (χ3v) is 6.31. The lowest BCUT2D eigenvalue weighted by atomic mass is 9.95. The number of amides is 1. The van der Waals surface area contributed by atoms with E-state index in [0.717, 1.165) is 16.9 Å². The summed E-state index contributed by atoms with van der Waals surface area (Å²) in [5.74, 6) is 1.32. The van der Waals surface area contributed by atoms with Crippen LogP contribution in [0.1, 0.15) is 40.1 Å². The van der Waals surface area contributed by atoms with Crippen LogP contribution in [0.2, 0.25) is 5.02 Å². The number of phenolic OH excluding ortho intramolecular Hbond substituents is 1. The number of hydrogen-bond donors (Lipinski definition) is 2. The van der Waals surface area contributed by atoms with E-state index in [9.17, 15) is 9.90 Å². The molecule has 1 amide bonds. The molecule has 7 nitrogen and oxygen atoms in total. The monoisotopic (exact) mass is 489 g/mol. The van der Waals surface area contributed by atoms with E-state index in [1.54, 1.807) is 24.1 Å². The van der Waals surface area contributed by atoms with Crippen LogP contribution in [0.25, 0.3) is 11.3 Å². The number of rotatable bonds is 7. The molecular formula is C27H24ClN3O4. The molecule has 0 bridgehead atoms. The van der Waals surface area contributed by atoms with Gasteiger partial charge in [0, 0.05) is 22.7 Å². The number of aromatic hydroxyl groups is 1. The number of aromatic amines is 1. The summed E-state index contributed by atoms with van der Waals surface area (Å²) in [4.78, 5) is 15.4. The lowest BCUT2D eigenvalue weighted by Crippen LogP contribution is -2.29. The Morgan fingerprint density at radius 1 is 1.09 bits per heavy atom. The Morgan fingerprint density at radius 3 is 2.63 bits per heavy atom. The van der Waals surface area contributed by atoms with Crippen molar-refractivity contribution in [2.75, 3.05) is 13.7 Å². The maximum atomic E-state index is 13.6. The van der Waals surface area contributed by atoms with Crippen molar-refractivity contribution in [2.45, 2.75) is 19.5 Å². The molecule has 0 saturated carbocycles. The Kier molecular flexibility index (Phi) is 6.09. The van der Waals surface area contributed by atoms with Crippen molar-refractivity contribution in [3.63, 3.8) is 0 Å². The molecule has 1 unspecified atom stereocenters. The lowest BCUT2D eigenvalue weighted by Gasteiger charge is -2.27. The fraction of sp³-hybridized carbons (Fsp3) is 0.185. The van der Waals surface area contributed by atoms with Gasteiger partial charge in [0.15, 0.2) is 0 Å². The Hall–Kier alpha value is -3.97. The molecule has 1 atom stereocenters. The summed E-state index contributed by atoms with van der Waals surface area (Å²) in [6.07, 6.45) is 0. The third-order valence-electron chi connectivity index (χ3n) is 6.07. The number of nitrogens with zero attached hydrogens (tertiary/aromatic N) is 2. The topological polar surface area (TPSA) is 87.7 Å². The van der Waals surface area contributed by atoms with Crippen molar-refractivity contribution in [1.29, 1.82) is 0 Å². The maximum Gasteiger partial charge on any atom is 0.273 e. The average molecular weight is 490 g/mol. The Labute approximate surface area is 207 Å². The molecule has 2 heterocycles. The highest BCUT2D eigenvalue weighted by Gasteiger charge is 2.42. The van der Waals surface area contributed by atoms with Crippen molar-refractivity contribution >= 4 is 17.5 Å². The summed E-state index contributed by atoms with van der Waals surface area (Å²) in [7, 11) is 1.62. The minimum atomic E-state index is -0.452. The van der Waals surface area contributed by atoms with Crippen molar-refractivity contribution in [3.8, 4) is 28.5 Å². The summed E-state index contributed by atoms with van der Waals surface area (Å²) in [6.45, 7) is 2.83. The van der Waals surface area contributed by atoms with E-state index in [1.807, 2.05) is 55.5 Å². The Balaban J connectivity index is 1.64. The predicted octanol–water partition coefficient (Wildman–Crippen LogP) is 5.59. The van der Waals surface area contributed by atoms with Crippen LogP contribution in [0, 0.1) is 0 Å². The molecule has 0 saturated heterocycles. The van der Waals surface area contributed by atoms with Gasteiger partial charge in [-0.15, -0.1) is 0 Å². The van der Waals surface area contributed by atoms with Crippen LogP contribution in [-0.4, -0.2) is 39.8 Å². The predicted molar refractivity (Wildman–Crippen MR) is 133 cm³/mol. The highest BCUT2D eigenvalue weighted by molar-refractivity contribution is 6.31. The number of benzene rings is 3. The number of halogens is 1. The van der Waals surface area contributed by atoms with E-state index in [-0.39, 0.29) is 11.7 Å². The molecule has 0 aliphatic carbocycles. The Morgan fingerprint density at radius 2 is 1.89 bits per heavy atom. The van der Waals surface area contributed by atoms with Gasteiger partial charge in [-0.25, -0.2) is 0 Å². The number of nitrogens with one attached hydrogen (secondary N) is 1. The van der Waals surface area contributed by atoms with Crippen LogP contribution < -0.4 is 9.47 Å². The van der Waals surface area contributed by atoms with E-state index < -0.39 is 6.04 Å². The lowest BCUT2D eigenvalue weighted by molar-refractivity contribution is 0.0730. The van der Waals surface area contributed by atoms with Gasteiger partial charge < -0.3 is 19.5 Å². The highest BCUT2D eigenvalue weighted by atomic mass is 35.5.